The molecule has 8 nitrogen and oxygen atoms in total. The molecule has 1 amide bonds. The number of aromatic nitrogens is 2. The first-order chi connectivity index (χ1) is 17.0. The van der Waals surface area contributed by atoms with Crippen molar-refractivity contribution in [2.75, 3.05) is 36.5 Å². The summed E-state index contributed by atoms with van der Waals surface area (Å²) in [5.74, 6) is -0.543. The maximum atomic E-state index is 11.8. The molecule has 35 heavy (non-hydrogen) atoms. The van der Waals surface area contributed by atoms with Gasteiger partial charge in [0.1, 0.15) is 10.9 Å². The van der Waals surface area contributed by atoms with Crippen LogP contribution in [0.5, 0.6) is 0 Å². The topological polar surface area (TPSA) is 105 Å². The van der Waals surface area contributed by atoms with Gasteiger partial charge in [0.2, 0.25) is 5.91 Å². The molecule has 0 radical (unpaired) electrons. The SMILES string of the molecule is Cc1cnc(Cc2ccc(N3CCOCC3)cc2)nc1Sc1ccc(NC(=O)CCC(=O)O)cc1. The Bertz CT molecular complexity index is 1160. The molecule has 1 saturated heterocycles. The van der Waals surface area contributed by atoms with Gasteiger partial charge in [-0.3, -0.25) is 9.59 Å². The second-order valence-corrected chi connectivity index (χ2v) is 9.35. The van der Waals surface area contributed by atoms with Crippen molar-refractivity contribution >= 4 is 35.0 Å². The second-order valence-electron chi connectivity index (χ2n) is 8.29. The minimum atomic E-state index is -0.989. The summed E-state index contributed by atoms with van der Waals surface area (Å²) in [5.41, 5.74) is 3.99. The maximum Gasteiger partial charge on any atom is 0.303 e. The molecule has 9 heteroatoms. The number of morpholine rings is 1. The second kappa shape index (κ2) is 11.8. The molecule has 0 unspecified atom stereocenters. The Morgan fingerprint density at radius 1 is 1.06 bits per heavy atom. The first-order valence-corrected chi connectivity index (χ1v) is 12.3. The lowest BCUT2D eigenvalue weighted by Crippen LogP contribution is -2.36. The van der Waals surface area contributed by atoms with E-state index in [-0.39, 0.29) is 18.7 Å². The maximum absolute atomic E-state index is 11.8. The largest absolute Gasteiger partial charge is 0.481 e. The van der Waals surface area contributed by atoms with Gasteiger partial charge in [0.25, 0.3) is 0 Å². The van der Waals surface area contributed by atoms with Crippen LogP contribution in [0.2, 0.25) is 0 Å². The molecule has 2 N–H and O–H groups in total. The van der Waals surface area contributed by atoms with Gasteiger partial charge in [-0.15, -0.1) is 0 Å². The highest BCUT2D eigenvalue weighted by Crippen LogP contribution is 2.29. The first kappa shape index (κ1) is 24.7. The lowest BCUT2D eigenvalue weighted by Gasteiger charge is -2.28. The van der Waals surface area contributed by atoms with Gasteiger partial charge in [0.05, 0.1) is 19.6 Å². The number of rotatable bonds is 9. The number of hydrogen-bond donors (Lipinski definition) is 2. The molecule has 0 aliphatic carbocycles. The van der Waals surface area contributed by atoms with Crippen LogP contribution in [0, 0.1) is 6.92 Å². The summed E-state index contributed by atoms with van der Waals surface area (Å²) >= 11 is 1.54. The highest BCUT2D eigenvalue weighted by atomic mass is 32.2. The summed E-state index contributed by atoms with van der Waals surface area (Å²) in [6.07, 6.45) is 2.26. The molecule has 0 spiro atoms. The van der Waals surface area contributed by atoms with E-state index in [1.54, 1.807) is 23.9 Å². The number of aliphatic carboxylic acids is 1. The Kier molecular flexibility index (Phi) is 8.33. The molecule has 1 aliphatic rings. The van der Waals surface area contributed by atoms with E-state index < -0.39 is 5.97 Å². The molecular weight excluding hydrogens is 464 g/mol. The van der Waals surface area contributed by atoms with Crippen molar-refractivity contribution in [3.05, 3.63) is 71.7 Å². The molecule has 4 rings (SSSR count). The number of carbonyl (C=O) groups is 2. The molecule has 182 valence electrons. The number of nitrogens with one attached hydrogen (secondary N) is 1. The lowest BCUT2D eigenvalue weighted by molar-refractivity contribution is -0.138. The summed E-state index contributed by atoms with van der Waals surface area (Å²) in [6.45, 7) is 5.35. The van der Waals surface area contributed by atoms with Crippen LogP contribution >= 0.6 is 11.8 Å². The first-order valence-electron chi connectivity index (χ1n) is 11.5. The molecule has 0 bridgehead atoms. The van der Waals surface area contributed by atoms with Crippen molar-refractivity contribution in [2.45, 2.75) is 36.1 Å². The number of ether oxygens (including phenoxy) is 1. The van der Waals surface area contributed by atoms with Crippen molar-refractivity contribution in [1.82, 2.24) is 9.97 Å². The summed E-state index contributed by atoms with van der Waals surface area (Å²) < 4.78 is 5.43. The minimum Gasteiger partial charge on any atom is -0.481 e. The van der Waals surface area contributed by atoms with Crippen LogP contribution in [0.25, 0.3) is 0 Å². The number of carbonyl (C=O) groups excluding carboxylic acids is 1. The van der Waals surface area contributed by atoms with E-state index in [0.29, 0.717) is 12.1 Å². The van der Waals surface area contributed by atoms with Crippen molar-refractivity contribution in [2.24, 2.45) is 0 Å². The average Bonchev–Trinajstić information content (AvgIpc) is 2.87. The molecule has 2 heterocycles. The van der Waals surface area contributed by atoms with E-state index in [4.69, 9.17) is 14.8 Å². The van der Waals surface area contributed by atoms with Crippen molar-refractivity contribution < 1.29 is 19.4 Å². The quantitative estimate of drug-likeness (QED) is 0.429. The summed E-state index contributed by atoms with van der Waals surface area (Å²) in [7, 11) is 0. The Morgan fingerprint density at radius 3 is 2.46 bits per heavy atom. The predicted molar refractivity (Wildman–Crippen MR) is 135 cm³/mol. The van der Waals surface area contributed by atoms with Gasteiger partial charge < -0.3 is 20.1 Å². The van der Waals surface area contributed by atoms with Gasteiger partial charge in [-0.25, -0.2) is 9.97 Å². The number of carboxylic acids is 1. The number of carboxylic acid groups (broad SMARTS) is 1. The molecular formula is C26H28N4O4S. The van der Waals surface area contributed by atoms with Crippen LogP contribution in [0.15, 0.2) is 64.6 Å². The van der Waals surface area contributed by atoms with E-state index in [2.05, 4.69) is 39.5 Å². The van der Waals surface area contributed by atoms with E-state index in [0.717, 1.165) is 53.2 Å². The molecule has 1 fully saturated rings. The number of benzene rings is 2. The predicted octanol–water partition coefficient (Wildman–Crippen LogP) is 4.17. The Hall–Kier alpha value is -3.43. The van der Waals surface area contributed by atoms with Crippen LogP contribution in [-0.4, -0.2) is 53.3 Å². The third-order valence-corrected chi connectivity index (χ3v) is 6.68. The normalized spacial score (nSPS) is 13.5. The zero-order valence-corrected chi connectivity index (χ0v) is 20.4. The Balaban J connectivity index is 1.36. The zero-order valence-electron chi connectivity index (χ0n) is 19.6. The summed E-state index contributed by atoms with van der Waals surface area (Å²) in [6, 6.07) is 16.0. The highest BCUT2D eigenvalue weighted by molar-refractivity contribution is 7.99. The third kappa shape index (κ3) is 7.27. The third-order valence-electron chi connectivity index (χ3n) is 5.57. The smallest absolute Gasteiger partial charge is 0.303 e. The Morgan fingerprint density at radius 2 is 1.77 bits per heavy atom. The molecule has 1 aromatic heterocycles. The van der Waals surface area contributed by atoms with Gasteiger partial charge in [-0.1, -0.05) is 23.9 Å². The van der Waals surface area contributed by atoms with E-state index >= 15 is 0 Å². The number of aryl methyl sites for hydroxylation is 1. The fourth-order valence-corrected chi connectivity index (χ4v) is 4.50. The van der Waals surface area contributed by atoms with Gasteiger partial charge in [0, 0.05) is 48.4 Å². The fourth-order valence-electron chi connectivity index (χ4n) is 3.64. The fraction of sp³-hybridized carbons (Fsp3) is 0.308. The van der Waals surface area contributed by atoms with Gasteiger partial charge in [-0.2, -0.15) is 0 Å². The Labute approximate surface area is 208 Å². The molecule has 0 saturated carbocycles. The van der Waals surface area contributed by atoms with Crippen molar-refractivity contribution in [1.29, 1.82) is 0 Å². The van der Waals surface area contributed by atoms with E-state index in [9.17, 15) is 9.59 Å². The molecule has 1 aliphatic heterocycles. The van der Waals surface area contributed by atoms with Gasteiger partial charge >= 0.3 is 5.97 Å². The number of hydrogen-bond acceptors (Lipinski definition) is 7. The van der Waals surface area contributed by atoms with Crippen LogP contribution in [0.1, 0.15) is 29.8 Å². The van der Waals surface area contributed by atoms with Gasteiger partial charge in [-0.05, 0) is 54.4 Å². The highest BCUT2D eigenvalue weighted by Gasteiger charge is 2.12. The lowest BCUT2D eigenvalue weighted by atomic mass is 10.1. The minimum absolute atomic E-state index is 0.0509. The van der Waals surface area contributed by atoms with Crippen LogP contribution in [-0.2, 0) is 20.7 Å². The van der Waals surface area contributed by atoms with E-state index in [1.807, 2.05) is 25.3 Å². The summed E-state index contributed by atoms with van der Waals surface area (Å²) in [5, 5.41) is 12.3. The summed E-state index contributed by atoms with van der Waals surface area (Å²) in [4.78, 5) is 35.0. The average molecular weight is 493 g/mol. The number of nitrogens with zero attached hydrogens (tertiary/aromatic N) is 3. The molecule has 3 aromatic rings. The standard InChI is InChI=1S/C26H28N4O4S/c1-18-17-27-23(16-19-2-6-21(7-3-19)30-12-14-34-15-13-30)29-26(18)35-22-8-4-20(5-9-22)28-24(31)10-11-25(32)33/h2-9,17H,10-16H2,1H3,(H,28,31)(H,32,33). The van der Waals surface area contributed by atoms with Crippen molar-refractivity contribution in [3.8, 4) is 0 Å². The van der Waals surface area contributed by atoms with Crippen LogP contribution in [0.4, 0.5) is 11.4 Å². The molecule has 0 atom stereocenters. The van der Waals surface area contributed by atoms with Gasteiger partial charge in [0.15, 0.2) is 0 Å². The van der Waals surface area contributed by atoms with Crippen LogP contribution in [0.3, 0.4) is 0 Å². The van der Waals surface area contributed by atoms with E-state index in [1.165, 1.54) is 5.69 Å². The number of anilines is 2. The number of amides is 1. The zero-order chi connectivity index (χ0) is 24.6. The van der Waals surface area contributed by atoms with Crippen molar-refractivity contribution in [3.63, 3.8) is 0 Å². The van der Waals surface area contributed by atoms with Crippen LogP contribution < -0.4 is 10.2 Å². The monoisotopic (exact) mass is 492 g/mol. The molecule has 2 aromatic carbocycles.